The molecule has 2 aromatic carbocycles. The Labute approximate surface area is 189 Å². The lowest BCUT2D eigenvalue weighted by Crippen LogP contribution is -2.22. The molecule has 0 aliphatic heterocycles. The summed E-state index contributed by atoms with van der Waals surface area (Å²) in [4.78, 5) is 46.3. The van der Waals surface area contributed by atoms with Gasteiger partial charge in [0, 0.05) is 11.1 Å². The molecule has 0 bridgehead atoms. The third-order valence-corrected chi connectivity index (χ3v) is 4.11. The molecular weight excluding hydrogens is 440 g/mol. The lowest BCUT2D eigenvalue weighted by atomic mass is 10.2. The molecule has 2 aromatic rings. The van der Waals surface area contributed by atoms with Crippen LogP contribution >= 0.6 is 0 Å². The van der Waals surface area contributed by atoms with Gasteiger partial charge in [-0.05, 0) is 24.3 Å². The molecular formula is C22H22O11. The first kappa shape index (κ1) is 25.1. The first-order chi connectivity index (χ1) is 15.9. The van der Waals surface area contributed by atoms with Crippen molar-refractivity contribution in [1.29, 1.82) is 0 Å². The van der Waals surface area contributed by atoms with Crippen molar-refractivity contribution in [3.8, 4) is 34.5 Å². The van der Waals surface area contributed by atoms with Crippen molar-refractivity contribution < 1.29 is 52.3 Å². The fourth-order valence-electron chi connectivity index (χ4n) is 2.64. The zero-order valence-electron chi connectivity index (χ0n) is 18.4. The molecule has 0 aromatic heterocycles. The van der Waals surface area contributed by atoms with Crippen molar-refractivity contribution in [2.45, 2.75) is 0 Å². The van der Waals surface area contributed by atoms with E-state index in [1.165, 1.54) is 52.7 Å². The van der Waals surface area contributed by atoms with Crippen LogP contribution in [-0.2, 0) is 14.3 Å². The largest absolute Gasteiger partial charge is 0.493 e. The number of hydrogen-bond acceptors (Lipinski definition) is 11. The summed E-state index contributed by atoms with van der Waals surface area (Å²) in [7, 11) is 5.32. The molecule has 0 amide bonds. The summed E-state index contributed by atoms with van der Waals surface area (Å²) < 4.78 is 36.0. The van der Waals surface area contributed by atoms with E-state index in [2.05, 4.69) is 0 Å². The highest BCUT2D eigenvalue weighted by Crippen LogP contribution is 2.39. The zero-order chi connectivity index (χ0) is 24.4. The van der Waals surface area contributed by atoms with E-state index in [1.54, 1.807) is 0 Å². The van der Waals surface area contributed by atoms with Crippen molar-refractivity contribution in [2.75, 3.05) is 41.7 Å². The maximum Gasteiger partial charge on any atom is 0.337 e. The molecule has 0 aliphatic carbocycles. The molecule has 0 N–H and O–H groups in total. The summed E-state index contributed by atoms with van der Waals surface area (Å²) in [6.45, 7) is -1.20. The maximum atomic E-state index is 12.2. The van der Waals surface area contributed by atoms with Gasteiger partial charge in [-0.3, -0.25) is 9.59 Å². The fourth-order valence-corrected chi connectivity index (χ4v) is 2.64. The minimum Gasteiger partial charge on any atom is -0.493 e. The summed E-state index contributed by atoms with van der Waals surface area (Å²) >= 11 is 0. The van der Waals surface area contributed by atoms with Crippen LogP contribution in [0.2, 0.25) is 0 Å². The van der Waals surface area contributed by atoms with Crippen molar-refractivity contribution in [3.05, 3.63) is 35.4 Å². The minimum atomic E-state index is -0.858. The number of carbonyl (C=O) groups is 4. The monoisotopic (exact) mass is 462 g/mol. The summed E-state index contributed by atoms with van der Waals surface area (Å²) in [5, 5.41) is 0. The molecule has 11 heteroatoms. The third kappa shape index (κ3) is 6.43. The van der Waals surface area contributed by atoms with Crippen molar-refractivity contribution >= 4 is 24.5 Å². The molecule has 0 spiro atoms. The zero-order valence-corrected chi connectivity index (χ0v) is 18.4. The SMILES string of the molecule is COc1cc(C=O)cc(OC)c1OC(=O)COCC(=O)Oc1c(OC)cc(C=O)cc1OC. The maximum absolute atomic E-state index is 12.2. The number of carbonyl (C=O) groups excluding carboxylic acids is 4. The predicted molar refractivity (Wildman–Crippen MR) is 112 cm³/mol. The van der Waals surface area contributed by atoms with Crippen molar-refractivity contribution in [3.63, 3.8) is 0 Å². The van der Waals surface area contributed by atoms with Gasteiger partial charge in [0.1, 0.15) is 25.8 Å². The first-order valence-electron chi connectivity index (χ1n) is 9.32. The quantitative estimate of drug-likeness (QED) is 0.260. The second-order valence-electron chi connectivity index (χ2n) is 6.19. The molecule has 0 aliphatic rings. The lowest BCUT2D eigenvalue weighted by molar-refractivity contribution is -0.145. The number of benzene rings is 2. The van der Waals surface area contributed by atoms with E-state index < -0.39 is 25.2 Å². The highest BCUT2D eigenvalue weighted by atomic mass is 16.6. The fraction of sp³-hybridized carbons (Fsp3) is 0.273. The van der Waals surface area contributed by atoms with Crippen LogP contribution in [0.3, 0.4) is 0 Å². The Hall–Kier alpha value is -4.12. The van der Waals surface area contributed by atoms with Gasteiger partial charge in [-0.25, -0.2) is 9.59 Å². The number of rotatable bonds is 12. The Kier molecular flexibility index (Phi) is 9.18. The molecule has 0 atom stereocenters. The van der Waals surface area contributed by atoms with Gasteiger partial charge in [0.2, 0.25) is 11.5 Å². The Balaban J connectivity index is 2.00. The van der Waals surface area contributed by atoms with Gasteiger partial charge >= 0.3 is 11.9 Å². The van der Waals surface area contributed by atoms with E-state index in [0.717, 1.165) is 0 Å². The molecule has 0 unspecified atom stereocenters. The summed E-state index contributed by atoms with van der Waals surface area (Å²) in [6, 6.07) is 5.47. The van der Waals surface area contributed by atoms with Crippen LogP contribution in [0.25, 0.3) is 0 Å². The van der Waals surface area contributed by atoms with Crippen LogP contribution in [0.5, 0.6) is 34.5 Å². The standard InChI is InChI=1S/C22H22O11/c1-27-15-5-13(9-23)6-16(28-2)21(15)32-19(25)11-31-12-20(26)33-22-17(29-3)7-14(10-24)8-18(22)30-4/h5-10H,11-12H2,1-4H3. The third-order valence-electron chi connectivity index (χ3n) is 4.11. The van der Waals surface area contributed by atoms with E-state index in [9.17, 15) is 19.2 Å². The van der Waals surface area contributed by atoms with Gasteiger partial charge < -0.3 is 33.2 Å². The molecule has 0 heterocycles. The van der Waals surface area contributed by atoms with Crippen molar-refractivity contribution in [2.24, 2.45) is 0 Å². The topological polar surface area (TPSA) is 133 Å². The van der Waals surface area contributed by atoms with E-state index >= 15 is 0 Å². The number of aldehydes is 2. The van der Waals surface area contributed by atoms with E-state index in [4.69, 9.17) is 33.2 Å². The Morgan fingerprint density at radius 1 is 0.636 bits per heavy atom. The number of esters is 2. The minimum absolute atomic E-state index is 0.0495. The first-order valence-corrected chi connectivity index (χ1v) is 9.32. The molecule has 176 valence electrons. The van der Waals surface area contributed by atoms with Crippen LogP contribution < -0.4 is 28.4 Å². The molecule has 2 rings (SSSR count). The molecule has 0 saturated heterocycles. The van der Waals surface area contributed by atoms with E-state index in [1.807, 2.05) is 0 Å². The average molecular weight is 462 g/mol. The average Bonchev–Trinajstić information content (AvgIpc) is 2.83. The number of methoxy groups -OCH3 is 4. The molecule has 0 fully saturated rings. The summed E-state index contributed by atoms with van der Waals surface area (Å²) in [5.74, 6) is -1.42. The van der Waals surface area contributed by atoms with E-state index in [0.29, 0.717) is 12.6 Å². The van der Waals surface area contributed by atoms with Gasteiger partial charge in [-0.15, -0.1) is 0 Å². The van der Waals surface area contributed by atoms with Gasteiger partial charge in [0.05, 0.1) is 28.4 Å². The summed E-state index contributed by atoms with van der Waals surface area (Å²) in [6.07, 6.45) is 1.17. The molecule has 0 radical (unpaired) electrons. The Morgan fingerprint density at radius 2 is 0.939 bits per heavy atom. The summed E-state index contributed by atoms with van der Waals surface area (Å²) in [5.41, 5.74) is 0.518. The highest BCUT2D eigenvalue weighted by molar-refractivity contribution is 5.82. The Morgan fingerprint density at radius 3 is 1.18 bits per heavy atom. The van der Waals surface area contributed by atoms with Crippen LogP contribution in [0.15, 0.2) is 24.3 Å². The second-order valence-corrected chi connectivity index (χ2v) is 6.19. The second kappa shape index (κ2) is 12.1. The van der Waals surface area contributed by atoms with Crippen LogP contribution in [0.4, 0.5) is 0 Å². The smallest absolute Gasteiger partial charge is 0.337 e. The normalized spacial score (nSPS) is 10.1. The van der Waals surface area contributed by atoms with Gasteiger partial charge in [0.25, 0.3) is 0 Å². The van der Waals surface area contributed by atoms with Crippen LogP contribution in [0.1, 0.15) is 20.7 Å². The number of hydrogen-bond donors (Lipinski definition) is 0. The lowest BCUT2D eigenvalue weighted by Gasteiger charge is -2.14. The van der Waals surface area contributed by atoms with Gasteiger partial charge in [-0.1, -0.05) is 0 Å². The van der Waals surface area contributed by atoms with E-state index in [-0.39, 0.29) is 45.6 Å². The van der Waals surface area contributed by atoms with Gasteiger partial charge in [0.15, 0.2) is 23.0 Å². The predicted octanol–water partition coefficient (Wildman–Crippen LogP) is 1.87. The van der Waals surface area contributed by atoms with Crippen LogP contribution in [0, 0.1) is 0 Å². The molecule has 11 nitrogen and oxygen atoms in total. The molecule has 33 heavy (non-hydrogen) atoms. The van der Waals surface area contributed by atoms with Crippen molar-refractivity contribution in [1.82, 2.24) is 0 Å². The highest BCUT2D eigenvalue weighted by Gasteiger charge is 2.20. The van der Waals surface area contributed by atoms with Crippen LogP contribution in [-0.4, -0.2) is 66.2 Å². The molecule has 0 saturated carbocycles. The number of ether oxygens (including phenoxy) is 7. The van der Waals surface area contributed by atoms with Gasteiger partial charge in [-0.2, -0.15) is 0 Å². The Bertz CT molecular complexity index is 897.